The number of carbonyl (C=O) groups excluding carboxylic acids is 1. The van der Waals surface area contributed by atoms with E-state index >= 15 is 0 Å². The van der Waals surface area contributed by atoms with Crippen LogP contribution < -0.4 is 10.6 Å². The fraction of sp³-hybridized carbons (Fsp3) is 0.267. The molecule has 1 heterocycles. The Balaban J connectivity index is 1.91. The van der Waals surface area contributed by atoms with Crippen LogP contribution in [0.25, 0.3) is 0 Å². The van der Waals surface area contributed by atoms with Crippen LogP contribution in [0.2, 0.25) is 5.02 Å². The summed E-state index contributed by atoms with van der Waals surface area (Å²) in [5, 5.41) is 14.4. The first kappa shape index (κ1) is 15.3. The molecule has 2 N–H and O–H groups in total. The van der Waals surface area contributed by atoms with Gasteiger partial charge in [-0.15, -0.1) is 10.2 Å². The quantitative estimate of drug-likeness (QED) is 0.861. The Labute approximate surface area is 128 Å². The summed E-state index contributed by atoms with van der Waals surface area (Å²) in [6.07, 6.45) is 1.00. The molecule has 0 aliphatic rings. The second-order valence-corrected chi connectivity index (χ2v) is 4.98. The maximum absolute atomic E-state index is 12.0. The third-order valence-corrected chi connectivity index (χ3v) is 3.03. The molecule has 1 amide bonds. The first-order valence-electron chi connectivity index (χ1n) is 6.79. The molecule has 0 aliphatic carbocycles. The van der Waals surface area contributed by atoms with Gasteiger partial charge in [-0.25, -0.2) is 0 Å². The van der Waals surface area contributed by atoms with Crippen LogP contribution in [0.15, 0.2) is 36.4 Å². The zero-order valence-electron chi connectivity index (χ0n) is 11.8. The minimum absolute atomic E-state index is 0.260. The number of aromatic nitrogens is 2. The molecule has 110 valence electrons. The Morgan fingerprint density at radius 2 is 2.10 bits per heavy atom. The van der Waals surface area contributed by atoms with Gasteiger partial charge in [-0.2, -0.15) is 0 Å². The summed E-state index contributed by atoms with van der Waals surface area (Å²) < 4.78 is 0. The summed E-state index contributed by atoms with van der Waals surface area (Å²) in [6.45, 7) is 3.30. The minimum Gasteiger partial charge on any atom is -0.369 e. The van der Waals surface area contributed by atoms with E-state index in [1.807, 2.05) is 18.2 Å². The number of amides is 1. The van der Waals surface area contributed by atoms with Gasteiger partial charge in [0, 0.05) is 18.1 Å². The number of benzene rings is 1. The van der Waals surface area contributed by atoms with Gasteiger partial charge in [0.1, 0.15) is 5.82 Å². The molecular weight excluding hydrogens is 288 g/mol. The van der Waals surface area contributed by atoms with E-state index in [1.165, 1.54) is 0 Å². The molecule has 1 aromatic heterocycles. The molecule has 0 saturated carbocycles. The number of nitrogens with one attached hydrogen (secondary N) is 2. The van der Waals surface area contributed by atoms with Crippen LogP contribution in [-0.2, 0) is 6.54 Å². The van der Waals surface area contributed by atoms with E-state index < -0.39 is 0 Å². The number of carbonyl (C=O) groups is 1. The maximum Gasteiger partial charge on any atom is 0.272 e. The van der Waals surface area contributed by atoms with Crippen molar-refractivity contribution in [2.75, 3.05) is 11.9 Å². The molecule has 2 rings (SSSR count). The highest BCUT2D eigenvalue weighted by Crippen LogP contribution is 2.10. The molecule has 0 spiro atoms. The lowest BCUT2D eigenvalue weighted by Gasteiger charge is -2.06. The van der Waals surface area contributed by atoms with Crippen LogP contribution >= 0.6 is 11.6 Å². The van der Waals surface area contributed by atoms with Crippen molar-refractivity contribution < 1.29 is 4.79 Å². The lowest BCUT2D eigenvalue weighted by atomic mass is 10.2. The fourth-order valence-electron chi connectivity index (χ4n) is 1.72. The van der Waals surface area contributed by atoms with Crippen molar-refractivity contribution in [2.24, 2.45) is 0 Å². The Hall–Kier alpha value is -2.14. The summed E-state index contributed by atoms with van der Waals surface area (Å²) >= 11 is 5.89. The van der Waals surface area contributed by atoms with Crippen LogP contribution in [0, 0.1) is 0 Å². The fourth-order valence-corrected chi connectivity index (χ4v) is 1.93. The maximum atomic E-state index is 12.0. The molecule has 21 heavy (non-hydrogen) atoms. The SMILES string of the molecule is CCCNc1ccc(C(=O)NCc2cccc(Cl)c2)nn1. The number of hydrogen-bond acceptors (Lipinski definition) is 4. The summed E-state index contributed by atoms with van der Waals surface area (Å²) in [5.41, 5.74) is 1.23. The molecule has 6 heteroatoms. The standard InChI is InChI=1S/C15H17ClN4O/c1-2-8-17-14-7-6-13(19-20-14)15(21)18-10-11-4-3-5-12(16)9-11/h3-7,9H,2,8,10H2,1H3,(H,17,20)(H,18,21). The lowest BCUT2D eigenvalue weighted by Crippen LogP contribution is -2.24. The van der Waals surface area contributed by atoms with Gasteiger partial charge >= 0.3 is 0 Å². The second kappa shape index (κ2) is 7.59. The number of halogens is 1. The zero-order valence-corrected chi connectivity index (χ0v) is 12.5. The Morgan fingerprint density at radius 3 is 2.76 bits per heavy atom. The molecule has 0 fully saturated rings. The van der Waals surface area contributed by atoms with Crippen molar-refractivity contribution in [2.45, 2.75) is 19.9 Å². The van der Waals surface area contributed by atoms with Gasteiger partial charge in [0.15, 0.2) is 5.69 Å². The Morgan fingerprint density at radius 1 is 1.24 bits per heavy atom. The van der Waals surface area contributed by atoms with Gasteiger partial charge in [0.2, 0.25) is 0 Å². The first-order valence-corrected chi connectivity index (χ1v) is 7.17. The van der Waals surface area contributed by atoms with E-state index in [-0.39, 0.29) is 5.91 Å². The van der Waals surface area contributed by atoms with Crippen molar-refractivity contribution in [3.8, 4) is 0 Å². The molecule has 2 aromatic rings. The van der Waals surface area contributed by atoms with Crippen molar-refractivity contribution in [3.05, 3.63) is 52.7 Å². The number of nitrogens with zero attached hydrogens (tertiary/aromatic N) is 2. The van der Waals surface area contributed by atoms with E-state index in [4.69, 9.17) is 11.6 Å². The van der Waals surface area contributed by atoms with Gasteiger partial charge in [0.05, 0.1) is 0 Å². The van der Waals surface area contributed by atoms with Crippen LogP contribution in [0.5, 0.6) is 0 Å². The van der Waals surface area contributed by atoms with Crippen molar-refractivity contribution in [1.29, 1.82) is 0 Å². The summed E-state index contributed by atoms with van der Waals surface area (Å²) in [4.78, 5) is 12.0. The normalized spacial score (nSPS) is 10.2. The van der Waals surface area contributed by atoms with Crippen LogP contribution in [-0.4, -0.2) is 22.6 Å². The largest absolute Gasteiger partial charge is 0.369 e. The summed E-state index contributed by atoms with van der Waals surface area (Å²) in [5.74, 6) is 0.410. The van der Waals surface area contributed by atoms with Crippen molar-refractivity contribution in [3.63, 3.8) is 0 Å². The Kier molecular flexibility index (Phi) is 5.51. The average Bonchev–Trinajstić information content (AvgIpc) is 2.51. The highest BCUT2D eigenvalue weighted by Gasteiger charge is 2.07. The first-order chi connectivity index (χ1) is 10.2. The van der Waals surface area contributed by atoms with Crippen LogP contribution in [0.1, 0.15) is 29.4 Å². The summed E-state index contributed by atoms with van der Waals surface area (Å²) in [7, 11) is 0. The third-order valence-electron chi connectivity index (χ3n) is 2.80. The third kappa shape index (κ3) is 4.72. The molecule has 5 nitrogen and oxygen atoms in total. The molecule has 1 aromatic carbocycles. The van der Waals surface area contributed by atoms with Crippen LogP contribution in [0.3, 0.4) is 0 Å². The lowest BCUT2D eigenvalue weighted by molar-refractivity contribution is 0.0945. The molecule has 0 aliphatic heterocycles. The zero-order chi connectivity index (χ0) is 15.1. The van der Waals surface area contributed by atoms with Gasteiger partial charge in [0.25, 0.3) is 5.91 Å². The monoisotopic (exact) mass is 304 g/mol. The topological polar surface area (TPSA) is 66.9 Å². The molecular formula is C15H17ClN4O. The van der Waals surface area contributed by atoms with Gasteiger partial charge in [-0.3, -0.25) is 4.79 Å². The molecule has 0 radical (unpaired) electrons. The highest BCUT2D eigenvalue weighted by atomic mass is 35.5. The van der Waals surface area contributed by atoms with Gasteiger partial charge < -0.3 is 10.6 Å². The van der Waals surface area contributed by atoms with Crippen molar-refractivity contribution in [1.82, 2.24) is 15.5 Å². The predicted molar refractivity (Wildman–Crippen MR) is 83.4 cm³/mol. The minimum atomic E-state index is -0.260. The Bertz CT molecular complexity index is 601. The molecule has 0 atom stereocenters. The predicted octanol–water partition coefficient (Wildman–Crippen LogP) is 2.88. The molecule has 0 unspecified atom stereocenters. The van der Waals surface area contributed by atoms with Crippen LogP contribution in [0.4, 0.5) is 5.82 Å². The number of hydrogen-bond donors (Lipinski definition) is 2. The molecule has 0 saturated heterocycles. The average molecular weight is 305 g/mol. The second-order valence-electron chi connectivity index (χ2n) is 4.54. The van der Waals surface area contributed by atoms with E-state index in [1.54, 1.807) is 18.2 Å². The number of anilines is 1. The van der Waals surface area contributed by atoms with Gasteiger partial charge in [-0.05, 0) is 36.2 Å². The highest BCUT2D eigenvalue weighted by molar-refractivity contribution is 6.30. The van der Waals surface area contributed by atoms with E-state index in [9.17, 15) is 4.79 Å². The van der Waals surface area contributed by atoms with Gasteiger partial charge in [-0.1, -0.05) is 30.7 Å². The van der Waals surface area contributed by atoms with E-state index in [0.717, 1.165) is 18.5 Å². The number of rotatable bonds is 6. The summed E-state index contributed by atoms with van der Waals surface area (Å²) in [6, 6.07) is 10.7. The smallest absolute Gasteiger partial charge is 0.272 e. The van der Waals surface area contributed by atoms with E-state index in [2.05, 4.69) is 27.8 Å². The molecule has 0 bridgehead atoms. The van der Waals surface area contributed by atoms with E-state index in [0.29, 0.717) is 23.1 Å². The van der Waals surface area contributed by atoms with Crippen molar-refractivity contribution >= 4 is 23.3 Å².